The molecule has 0 aliphatic rings. The van der Waals surface area contributed by atoms with Gasteiger partial charge in [0, 0.05) is 68.1 Å². The topological polar surface area (TPSA) is 75.6 Å². The van der Waals surface area contributed by atoms with Gasteiger partial charge in [-0.15, -0.1) is 0 Å². The van der Waals surface area contributed by atoms with Gasteiger partial charge in [0.05, 0.1) is 28.7 Å². The van der Waals surface area contributed by atoms with Crippen LogP contribution < -0.4 is 0 Å². The zero-order chi connectivity index (χ0) is 52.5. The smallest absolute Gasteiger partial charge is 0.144 e. The summed E-state index contributed by atoms with van der Waals surface area (Å²) >= 11 is 0. The lowest BCUT2D eigenvalue weighted by molar-refractivity contribution is 0.666. The lowest BCUT2D eigenvalue weighted by Gasteiger charge is -2.16. The van der Waals surface area contributed by atoms with Crippen LogP contribution in [-0.4, -0.2) is 15.0 Å². The van der Waals surface area contributed by atoms with Crippen LogP contribution >= 0.6 is 0 Å². The van der Waals surface area contributed by atoms with Crippen molar-refractivity contribution in [3.05, 3.63) is 208 Å². The second-order valence-electron chi connectivity index (χ2n) is 15.0. The molecular weight excluding hydrogens is 745 g/mol. The van der Waals surface area contributed by atoms with Crippen LogP contribution in [-0.2, 0) is 38.2 Å². The Balaban J connectivity index is 1.17. The Bertz CT molecular complexity index is 3450. The lowest BCUT2D eigenvalue weighted by Crippen LogP contribution is -2.03. The quantitative estimate of drug-likeness (QED) is 0.116. The van der Waals surface area contributed by atoms with Gasteiger partial charge in [0.2, 0.25) is 0 Å². The predicted octanol–water partition coefficient (Wildman–Crippen LogP) is 13.4. The van der Waals surface area contributed by atoms with Gasteiger partial charge in [-0.05, 0) is 126 Å². The first-order valence-corrected chi connectivity index (χ1v) is 20.0. The fourth-order valence-electron chi connectivity index (χ4n) is 7.29. The van der Waals surface area contributed by atoms with Crippen LogP contribution in [0.1, 0.15) is 86.3 Å². The Morgan fingerprint density at radius 2 is 1.08 bits per heavy atom. The Morgan fingerprint density at radius 1 is 0.541 bits per heavy atom. The standard InChI is InChI=1S/C56H48N4O/c1-37(2)51-32-54(50-16-10-15-48-49-26-25-46(33-57)38(3)55(49)61-56(48)50)60-36-47(51)24-21-43-30-41(19-17-39-22-27-52(58-34-39)44-11-6-4-7-12-44)29-42(31-43)20-18-40-23-28-53(59-35-40)45-13-8-5-9-14-45/h4-16,22-23,25-32,34-37H,17-21,24H2,1-3H3/i17D2,18D2,19D2,20D2,21D2,24D2. The van der Waals surface area contributed by atoms with Gasteiger partial charge in [0.1, 0.15) is 11.2 Å². The van der Waals surface area contributed by atoms with E-state index in [0.29, 0.717) is 50.5 Å². The molecule has 0 unspecified atom stereocenters. The molecule has 0 aliphatic carbocycles. The number of rotatable bonds is 13. The molecule has 5 heteroatoms. The first-order chi connectivity index (χ1) is 34.4. The van der Waals surface area contributed by atoms with Gasteiger partial charge >= 0.3 is 0 Å². The molecule has 0 fully saturated rings. The first kappa shape index (κ1) is 27.6. The molecule has 5 aromatic carbocycles. The zero-order valence-electron chi connectivity index (χ0n) is 45.8. The number of aryl methyl sites for hydroxylation is 7. The Morgan fingerprint density at radius 3 is 1.62 bits per heavy atom. The number of para-hydroxylation sites is 1. The lowest BCUT2D eigenvalue weighted by atomic mass is 9.91. The maximum absolute atomic E-state index is 9.71. The highest BCUT2D eigenvalue weighted by atomic mass is 16.3. The van der Waals surface area contributed by atoms with Gasteiger partial charge in [-0.25, -0.2) is 0 Å². The van der Waals surface area contributed by atoms with Gasteiger partial charge < -0.3 is 4.42 Å². The molecule has 298 valence electrons. The van der Waals surface area contributed by atoms with Crippen molar-refractivity contribution in [2.24, 2.45) is 0 Å². The van der Waals surface area contributed by atoms with Crippen molar-refractivity contribution in [3.63, 3.8) is 0 Å². The van der Waals surface area contributed by atoms with Crippen LogP contribution in [0.15, 0.2) is 163 Å². The molecule has 4 heterocycles. The summed E-state index contributed by atoms with van der Waals surface area (Å²) in [5.41, 5.74) is 3.79. The molecule has 0 atom stereocenters. The van der Waals surface area contributed by atoms with E-state index in [0.717, 1.165) is 40.1 Å². The highest BCUT2D eigenvalue weighted by molar-refractivity contribution is 6.10. The van der Waals surface area contributed by atoms with Gasteiger partial charge in [0.25, 0.3) is 0 Å². The van der Waals surface area contributed by atoms with Gasteiger partial charge in [-0.2, -0.15) is 5.26 Å². The van der Waals surface area contributed by atoms with Crippen molar-refractivity contribution in [1.29, 1.82) is 5.26 Å². The van der Waals surface area contributed by atoms with Crippen molar-refractivity contribution in [2.45, 2.75) is 64.9 Å². The SMILES string of the molecule is [2H]C([2H])(c1ccc(-c2ccccc2)nc1)C([2H])([2H])c1cc(C([2H])([2H])C([2H])([2H])c2ccc(-c3ccccc3)nc2)cc(C([2H])([2H])C([2H])([2H])c2cnc(-c3cccc4c3oc3c(C)c(C#N)ccc34)cc2C(C)C)c1. The third-order valence-electron chi connectivity index (χ3n) is 10.5. The molecule has 0 saturated carbocycles. The molecule has 61 heavy (non-hydrogen) atoms. The maximum atomic E-state index is 9.71. The van der Waals surface area contributed by atoms with E-state index in [2.05, 4.69) is 21.0 Å². The molecule has 4 aromatic heterocycles. The zero-order valence-corrected chi connectivity index (χ0v) is 33.8. The number of fused-ring (bicyclic) bond motifs is 3. The maximum Gasteiger partial charge on any atom is 0.144 e. The Hall–Kier alpha value is -7.16. The van der Waals surface area contributed by atoms with E-state index < -0.39 is 60.8 Å². The molecule has 0 saturated heterocycles. The second-order valence-corrected chi connectivity index (χ2v) is 15.0. The van der Waals surface area contributed by atoms with Crippen molar-refractivity contribution >= 4 is 21.9 Å². The summed E-state index contributed by atoms with van der Waals surface area (Å²) in [4.78, 5) is 13.5. The molecule has 0 bridgehead atoms. The fraction of sp³-hybridized carbons (Fsp3) is 0.179. The van der Waals surface area contributed by atoms with E-state index in [1.807, 2.05) is 92.7 Å². The second kappa shape index (κ2) is 17.6. The number of nitriles is 1. The number of furan rings is 1. The fourth-order valence-corrected chi connectivity index (χ4v) is 7.29. The summed E-state index contributed by atoms with van der Waals surface area (Å²) in [5, 5.41) is 11.3. The van der Waals surface area contributed by atoms with Crippen molar-refractivity contribution < 1.29 is 20.9 Å². The summed E-state index contributed by atoms with van der Waals surface area (Å²) < 4.78 is 120. The highest BCUT2D eigenvalue weighted by Gasteiger charge is 2.18. The van der Waals surface area contributed by atoms with E-state index in [1.165, 1.54) is 30.7 Å². The molecule has 9 aromatic rings. The third-order valence-corrected chi connectivity index (χ3v) is 10.5. The largest absolute Gasteiger partial charge is 0.455 e. The highest BCUT2D eigenvalue weighted by Crippen LogP contribution is 2.38. The third kappa shape index (κ3) is 8.62. The molecular formula is C56H48N4O. The van der Waals surface area contributed by atoms with Crippen molar-refractivity contribution in [1.82, 2.24) is 15.0 Å². The summed E-state index contributed by atoms with van der Waals surface area (Å²) in [6.07, 6.45) is -14.5. The molecule has 5 nitrogen and oxygen atoms in total. The van der Waals surface area contributed by atoms with Crippen LogP contribution in [0.25, 0.3) is 55.7 Å². The summed E-state index contributed by atoms with van der Waals surface area (Å²) in [6.45, 7) is 5.44. The van der Waals surface area contributed by atoms with E-state index in [4.69, 9.17) is 4.42 Å². The summed E-state index contributed by atoms with van der Waals surface area (Å²) in [7, 11) is 0. The van der Waals surface area contributed by atoms with Gasteiger partial charge in [-0.1, -0.05) is 117 Å². The number of nitrogens with zero attached hydrogens (tertiary/aromatic N) is 4. The molecule has 0 radical (unpaired) electrons. The van der Waals surface area contributed by atoms with Crippen LogP contribution in [0.4, 0.5) is 0 Å². The monoisotopic (exact) mass is 804 g/mol. The van der Waals surface area contributed by atoms with E-state index >= 15 is 0 Å². The number of pyridine rings is 3. The average Bonchev–Trinajstić information content (AvgIpc) is 3.78. The van der Waals surface area contributed by atoms with Gasteiger partial charge in [0.15, 0.2) is 0 Å². The summed E-state index contributed by atoms with van der Waals surface area (Å²) in [6, 6.07) is 40.0. The summed E-state index contributed by atoms with van der Waals surface area (Å²) in [5.74, 6) is -0.411. The minimum absolute atomic E-state index is 0.152. The van der Waals surface area contributed by atoms with Gasteiger partial charge in [-0.3, -0.25) is 15.0 Å². The molecule has 0 amide bonds. The Kier molecular flexibility index (Phi) is 7.95. The molecule has 0 aliphatic heterocycles. The number of hydrogen-bond acceptors (Lipinski definition) is 5. The van der Waals surface area contributed by atoms with Crippen LogP contribution in [0.2, 0.25) is 0 Å². The predicted molar refractivity (Wildman–Crippen MR) is 249 cm³/mol. The minimum atomic E-state index is -3.14. The molecule has 9 rings (SSSR count). The number of hydrogen-bond donors (Lipinski definition) is 0. The average molecular weight is 805 g/mol. The van der Waals surface area contributed by atoms with Crippen LogP contribution in [0.5, 0.6) is 0 Å². The Labute approximate surface area is 375 Å². The minimum Gasteiger partial charge on any atom is -0.455 e. The van der Waals surface area contributed by atoms with Crippen molar-refractivity contribution in [2.75, 3.05) is 0 Å². The molecule has 0 spiro atoms. The van der Waals surface area contributed by atoms with Crippen LogP contribution in [0.3, 0.4) is 0 Å². The number of aromatic nitrogens is 3. The van der Waals surface area contributed by atoms with Crippen LogP contribution in [0, 0.1) is 18.3 Å². The van der Waals surface area contributed by atoms with E-state index in [9.17, 15) is 21.7 Å². The normalized spacial score (nSPS) is 15.7. The van der Waals surface area contributed by atoms with Crippen molar-refractivity contribution in [3.8, 4) is 39.8 Å². The van der Waals surface area contributed by atoms with E-state index in [1.54, 1.807) is 37.3 Å². The molecule has 0 N–H and O–H groups in total. The first-order valence-electron chi connectivity index (χ1n) is 26.0. The van der Waals surface area contributed by atoms with E-state index in [-0.39, 0.29) is 16.7 Å². The number of benzene rings is 5.